The normalized spacial score (nSPS) is 19.7. The molecule has 2 heterocycles. The highest BCUT2D eigenvalue weighted by Gasteiger charge is 2.18. The predicted octanol–water partition coefficient (Wildman–Crippen LogP) is 1.36. The van der Waals surface area contributed by atoms with Crippen molar-refractivity contribution in [2.24, 2.45) is 5.73 Å². The summed E-state index contributed by atoms with van der Waals surface area (Å²) in [5.74, 6) is 0.334. The molecule has 0 aliphatic carbocycles. The molecular weight excluding hydrogens is 228 g/mol. The van der Waals surface area contributed by atoms with E-state index in [4.69, 9.17) is 5.73 Å². The van der Waals surface area contributed by atoms with Crippen LogP contribution in [0.4, 0.5) is 11.5 Å². The second kappa shape index (κ2) is 5.82. The molecule has 1 atom stereocenters. The molecule has 1 aliphatic rings. The highest BCUT2D eigenvalue weighted by molar-refractivity contribution is 5.91. The smallest absolute Gasteiger partial charge is 0.239 e. The third-order valence-corrected chi connectivity index (χ3v) is 3.34. The van der Waals surface area contributed by atoms with Crippen LogP contribution in [0.5, 0.6) is 0 Å². The Balaban J connectivity index is 2.04. The van der Waals surface area contributed by atoms with Crippen LogP contribution in [-0.4, -0.2) is 30.0 Å². The van der Waals surface area contributed by atoms with E-state index in [1.165, 1.54) is 19.3 Å². The number of rotatable bonds is 3. The number of hydrogen-bond donors (Lipinski definition) is 2. The molecule has 1 amide bonds. The van der Waals surface area contributed by atoms with E-state index >= 15 is 0 Å². The molecule has 0 bridgehead atoms. The first-order chi connectivity index (χ1) is 8.70. The van der Waals surface area contributed by atoms with Crippen LogP contribution in [0.2, 0.25) is 0 Å². The SMILES string of the molecule is CC1CCCCN1c1ccc(NC(=O)CN)nc1. The van der Waals surface area contributed by atoms with Gasteiger partial charge in [0.25, 0.3) is 0 Å². The van der Waals surface area contributed by atoms with Gasteiger partial charge in [0.2, 0.25) is 5.91 Å². The maximum absolute atomic E-state index is 11.1. The van der Waals surface area contributed by atoms with E-state index in [0.29, 0.717) is 11.9 Å². The van der Waals surface area contributed by atoms with Crippen LogP contribution >= 0.6 is 0 Å². The Labute approximate surface area is 107 Å². The van der Waals surface area contributed by atoms with Crippen molar-refractivity contribution in [2.75, 3.05) is 23.3 Å². The maximum atomic E-state index is 11.1. The van der Waals surface area contributed by atoms with Crippen molar-refractivity contribution in [2.45, 2.75) is 32.2 Å². The molecule has 1 aromatic heterocycles. The molecule has 1 unspecified atom stereocenters. The van der Waals surface area contributed by atoms with Crippen LogP contribution in [-0.2, 0) is 4.79 Å². The largest absolute Gasteiger partial charge is 0.368 e. The number of aromatic nitrogens is 1. The topological polar surface area (TPSA) is 71.2 Å². The Hall–Kier alpha value is -1.62. The van der Waals surface area contributed by atoms with Crippen LogP contribution in [0.15, 0.2) is 18.3 Å². The van der Waals surface area contributed by atoms with Crippen molar-refractivity contribution in [3.05, 3.63) is 18.3 Å². The third-order valence-electron chi connectivity index (χ3n) is 3.34. The molecule has 1 aliphatic heterocycles. The number of pyridine rings is 1. The Morgan fingerprint density at radius 1 is 1.56 bits per heavy atom. The molecule has 5 heteroatoms. The Morgan fingerprint density at radius 3 is 3.00 bits per heavy atom. The zero-order valence-corrected chi connectivity index (χ0v) is 10.7. The molecule has 98 valence electrons. The quantitative estimate of drug-likeness (QED) is 0.847. The molecule has 18 heavy (non-hydrogen) atoms. The lowest BCUT2D eigenvalue weighted by molar-refractivity contribution is -0.114. The van der Waals surface area contributed by atoms with Crippen molar-refractivity contribution < 1.29 is 4.79 Å². The zero-order chi connectivity index (χ0) is 13.0. The highest BCUT2D eigenvalue weighted by atomic mass is 16.1. The van der Waals surface area contributed by atoms with Gasteiger partial charge in [-0.2, -0.15) is 0 Å². The van der Waals surface area contributed by atoms with Crippen molar-refractivity contribution in [1.29, 1.82) is 0 Å². The number of amides is 1. The molecule has 5 nitrogen and oxygen atoms in total. The molecule has 0 aromatic carbocycles. The van der Waals surface area contributed by atoms with E-state index in [1.807, 2.05) is 18.3 Å². The monoisotopic (exact) mass is 248 g/mol. The molecule has 3 N–H and O–H groups in total. The number of nitrogens with one attached hydrogen (secondary N) is 1. The number of nitrogens with zero attached hydrogens (tertiary/aromatic N) is 2. The molecular formula is C13H20N4O. The molecule has 0 radical (unpaired) electrons. The van der Waals surface area contributed by atoms with Gasteiger partial charge in [0.05, 0.1) is 18.4 Å². The summed E-state index contributed by atoms with van der Waals surface area (Å²) < 4.78 is 0. The summed E-state index contributed by atoms with van der Waals surface area (Å²) in [4.78, 5) is 17.7. The van der Waals surface area contributed by atoms with Crippen molar-refractivity contribution >= 4 is 17.4 Å². The first-order valence-corrected chi connectivity index (χ1v) is 6.43. The van der Waals surface area contributed by atoms with Gasteiger partial charge in [-0.1, -0.05) is 0 Å². The van der Waals surface area contributed by atoms with Gasteiger partial charge < -0.3 is 16.0 Å². The van der Waals surface area contributed by atoms with Gasteiger partial charge in [0.1, 0.15) is 5.82 Å². The van der Waals surface area contributed by atoms with E-state index in [0.717, 1.165) is 12.2 Å². The fourth-order valence-electron chi connectivity index (χ4n) is 2.31. The molecule has 0 spiro atoms. The van der Waals surface area contributed by atoms with Gasteiger partial charge in [0, 0.05) is 12.6 Å². The van der Waals surface area contributed by atoms with E-state index < -0.39 is 0 Å². The lowest BCUT2D eigenvalue weighted by atomic mass is 10.0. The lowest BCUT2D eigenvalue weighted by Gasteiger charge is -2.35. The molecule has 1 fully saturated rings. The number of carbonyl (C=O) groups excluding carboxylic acids is 1. The van der Waals surface area contributed by atoms with Gasteiger partial charge in [-0.15, -0.1) is 0 Å². The van der Waals surface area contributed by atoms with E-state index in [2.05, 4.69) is 22.1 Å². The van der Waals surface area contributed by atoms with Gasteiger partial charge in [-0.05, 0) is 38.3 Å². The maximum Gasteiger partial charge on any atom is 0.239 e. The van der Waals surface area contributed by atoms with Crippen LogP contribution in [0.1, 0.15) is 26.2 Å². The van der Waals surface area contributed by atoms with Crippen LogP contribution in [0.3, 0.4) is 0 Å². The van der Waals surface area contributed by atoms with Gasteiger partial charge in [-0.3, -0.25) is 4.79 Å². The van der Waals surface area contributed by atoms with E-state index in [-0.39, 0.29) is 12.5 Å². The summed E-state index contributed by atoms with van der Waals surface area (Å²) in [5.41, 5.74) is 6.36. The second-order valence-corrected chi connectivity index (χ2v) is 4.69. The molecule has 2 rings (SSSR count). The van der Waals surface area contributed by atoms with Gasteiger partial charge in [-0.25, -0.2) is 4.98 Å². The van der Waals surface area contributed by atoms with E-state index in [9.17, 15) is 4.79 Å². The Kier molecular flexibility index (Phi) is 4.15. The minimum Gasteiger partial charge on any atom is -0.368 e. The average molecular weight is 248 g/mol. The van der Waals surface area contributed by atoms with Crippen molar-refractivity contribution in [3.63, 3.8) is 0 Å². The summed E-state index contributed by atoms with van der Waals surface area (Å²) in [6, 6.07) is 4.38. The Bertz CT molecular complexity index is 404. The highest BCUT2D eigenvalue weighted by Crippen LogP contribution is 2.24. The predicted molar refractivity (Wildman–Crippen MR) is 72.6 cm³/mol. The van der Waals surface area contributed by atoms with Crippen molar-refractivity contribution in [1.82, 2.24) is 4.98 Å². The fraction of sp³-hybridized carbons (Fsp3) is 0.538. The first-order valence-electron chi connectivity index (χ1n) is 6.43. The van der Waals surface area contributed by atoms with Crippen molar-refractivity contribution in [3.8, 4) is 0 Å². The minimum absolute atomic E-state index is 0.0212. The minimum atomic E-state index is -0.221. The number of anilines is 2. The van der Waals surface area contributed by atoms with Crippen LogP contribution in [0, 0.1) is 0 Å². The summed E-state index contributed by atoms with van der Waals surface area (Å²) in [6.07, 6.45) is 5.57. The van der Waals surface area contributed by atoms with E-state index in [1.54, 1.807) is 0 Å². The number of piperidine rings is 1. The summed E-state index contributed by atoms with van der Waals surface area (Å²) in [7, 11) is 0. The van der Waals surface area contributed by atoms with Gasteiger partial charge in [0.15, 0.2) is 0 Å². The number of nitrogens with two attached hydrogens (primary N) is 1. The summed E-state index contributed by atoms with van der Waals surface area (Å²) in [5, 5.41) is 2.64. The summed E-state index contributed by atoms with van der Waals surface area (Å²) >= 11 is 0. The fourth-order valence-corrected chi connectivity index (χ4v) is 2.31. The number of hydrogen-bond acceptors (Lipinski definition) is 4. The third kappa shape index (κ3) is 2.98. The number of carbonyl (C=O) groups is 1. The molecule has 1 aromatic rings. The van der Waals surface area contributed by atoms with Gasteiger partial charge >= 0.3 is 0 Å². The molecule has 1 saturated heterocycles. The summed E-state index contributed by atoms with van der Waals surface area (Å²) in [6.45, 7) is 3.30. The standard InChI is InChI=1S/C13H20N4O/c1-10-4-2-3-7-17(10)11-5-6-12(15-9-11)16-13(18)8-14/h5-6,9-10H,2-4,7-8,14H2,1H3,(H,15,16,18). The zero-order valence-electron chi connectivity index (χ0n) is 10.7. The first kappa shape index (κ1) is 12.8. The Morgan fingerprint density at radius 2 is 2.39 bits per heavy atom. The van der Waals surface area contributed by atoms with Crippen LogP contribution in [0.25, 0.3) is 0 Å². The molecule has 0 saturated carbocycles. The second-order valence-electron chi connectivity index (χ2n) is 4.69. The average Bonchev–Trinajstić information content (AvgIpc) is 2.40. The van der Waals surface area contributed by atoms with Crippen LogP contribution < -0.4 is 16.0 Å². The lowest BCUT2D eigenvalue weighted by Crippen LogP contribution is -2.37.